The lowest BCUT2D eigenvalue weighted by molar-refractivity contribution is -0.167. The number of unbranched alkanes of at least 4 members (excludes halogenated alkanes) is 23. The minimum absolute atomic E-state index is 0.0649. The van der Waals surface area contributed by atoms with Crippen molar-refractivity contribution in [2.45, 2.75) is 213 Å². The summed E-state index contributed by atoms with van der Waals surface area (Å²) in [6, 6.07) is 0. The zero-order valence-electron chi connectivity index (χ0n) is 29.4. The molecule has 0 aliphatic carbocycles. The minimum atomic E-state index is -0.754. The largest absolute Gasteiger partial charge is 0.462 e. The molecule has 0 rings (SSSR count). The molecule has 0 aliphatic rings. The van der Waals surface area contributed by atoms with Gasteiger partial charge in [-0.05, 0) is 19.3 Å². The molecule has 0 aromatic heterocycles. The summed E-state index contributed by atoms with van der Waals surface area (Å²) in [5, 5.41) is 0. The average Bonchev–Trinajstić information content (AvgIpc) is 3.02. The van der Waals surface area contributed by atoms with Gasteiger partial charge in [-0.25, -0.2) is 0 Å². The van der Waals surface area contributed by atoms with Crippen LogP contribution in [-0.2, 0) is 28.6 Å². The molecule has 0 bridgehead atoms. The standard InChI is InChI=1S/C38H72O6/c1-4-7-10-13-16-18-19-20-21-23-25-28-31-37(40)43-34-35(33-42-36(39)30-27-24-15-12-9-6-3)44-38(41)32-29-26-22-17-14-11-8-5-2/h35H,4-34H2,1-3H3. The van der Waals surface area contributed by atoms with Crippen molar-refractivity contribution in [1.82, 2.24) is 0 Å². The van der Waals surface area contributed by atoms with Crippen molar-refractivity contribution in [3.8, 4) is 0 Å². The molecule has 0 aromatic carbocycles. The van der Waals surface area contributed by atoms with Gasteiger partial charge < -0.3 is 14.2 Å². The zero-order valence-corrected chi connectivity index (χ0v) is 29.4. The van der Waals surface area contributed by atoms with Gasteiger partial charge in [0.15, 0.2) is 6.10 Å². The highest BCUT2D eigenvalue weighted by molar-refractivity contribution is 5.71. The third kappa shape index (κ3) is 31.8. The second-order valence-corrected chi connectivity index (χ2v) is 12.9. The fourth-order valence-electron chi connectivity index (χ4n) is 5.44. The molecule has 0 saturated carbocycles. The molecule has 0 N–H and O–H groups in total. The number of ether oxygens (including phenoxy) is 3. The van der Waals surface area contributed by atoms with Crippen molar-refractivity contribution < 1.29 is 28.6 Å². The van der Waals surface area contributed by atoms with Gasteiger partial charge in [-0.2, -0.15) is 0 Å². The van der Waals surface area contributed by atoms with Crippen LogP contribution in [0.2, 0.25) is 0 Å². The highest BCUT2D eigenvalue weighted by atomic mass is 16.6. The average molecular weight is 625 g/mol. The van der Waals surface area contributed by atoms with Crippen LogP contribution in [0.25, 0.3) is 0 Å². The first-order valence-corrected chi connectivity index (χ1v) is 19.0. The summed E-state index contributed by atoms with van der Waals surface area (Å²) in [5.74, 6) is -0.878. The van der Waals surface area contributed by atoms with Gasteiger partial charge in [-0.15, -0.1) is 0 Å². The number of hydrogen-bond donors (Lipinski definition) is 0. The molecule has 44 heavy (non-hydrogen) atoms. The SMILES string of the molecule is CCCCCCCCCCCCCCC(=O)OCC(COC(=O)CCCCCCCC)OC(=O)CCCCCCCCCC. The highest BCUT2D eigenvalue weighted by Crippen LogP contribution is 2.14. The van der Waals surface area contributed by atoms with E-state index >= 15 is 0 Å². The Hall–Kier alpha value is -1.59. The van der Waals surface area contributed by atoms with Gasteiger partial charge >= 0.3 is 17.9 Å². The Morgan fingerprint density at radius 3 is 0.909 bits per heavy atom. The highest BCUT2D eigenvalue weighted by Gasteiger charge is 2.19. The molecular formula is C38H72O6. The monoisotopic (exact) mass is 625 g/mol. The third-order valence-electron chi connectivity index (χ3n) is 8.36. The van der Waals surface area contributed by atoms with E-state index in [2.05, 4.69) is 20.8 Å². The maximum Gasteiger partial charge on any atom is 0.306 e. The second kappa shape index (κ2) is 34.3. The van der Waals surface area contributed by atoms with Crippen molar-refractivity contribution in [3.63, 3.8) is 0 Å². The molecule has 0 heterocycles. The maximum absolute atomic E-state index is 12.5. The predicted molar refractivity (Wildman–Crippen MR) is 183 cm³/mol. The van der Waals surface area contributed by atoms with Crippen LogP contribution < -0.4 is 0 Å². The number of esters is 3. The maximum atomic E-state index is 12.5. The molecule has 1 unspecified atom stereocenters. The van der Waals surface area contributed by atoms with Crippen molar-refractivity contribution >= 4 is 17.9 Å². The molecule has 1 atom stereocenters. The van der Waals surface area contributed by atoms with E-state index in [4.69, 9.17) is 14.2 Å². The van der Waals surface area contributed by atoms with Crippen LogP contribution in [-0.4, -0.2) is 37.2 Å². The van der Waals surface area contributed by atoms with Gasteiger partial charge in [-0.3, -0.25) is 14.4 Å². The number of carbonyl (C=O) groups excluding carboxylic acids is 3. The molecule has 0 fully saturated rings. The van der Waals surface area contributed by atoms with Crippen molar-refractivity contribution in [2.75, 3.05) is 13.2 Å². The summed E-state index contributed by atoms with van der Waals surface area (Å²) in [7, 11) is 0. The van der Waals surface area contributed by atoms with Crippen molar-refractivity contribution in [2.24, 2.45) is 0 Å². The Labute approximate surface area is 272 Å². The Morgan fingerprint density at radius 2 is 0.614 bits per heavy atom. The van der Waals surface area contributed by atoms with Crippen molar-refractivity contribution in [3.05, 3.63) is 0 Å². The smallest absolute Gasteiger partial charge is 0.306 e. The van der Waals surface area contributed by atoms with E-state index in [1.54, 1.807) is 0 Å². The third-order valence-corrected chi connectivity index (χ3v) is 8.36. The number of rotatable bonds is 34. The molecule has 0 amide bonds. The lowest BCUT2D eigenvalue weighted by Gasteiger charge is -2.18. The van der Waals surface area contributed by atoms with E-state index in [-0.39, 0.29) is 31.1 Å². The van der Waals surface area contributed by atoms with Gasteiger partial charge in [0.2, 0.25) is 0 Å². The first-order valence-electron chi connectivity index (χ1n) is 19.0. The summed E-state index contributed by atoms with van der Waals surface area (Å²) >= 11 is 0. The second-order valence-electron chi connectivity index (χ2n) is 12.9. The quantitative estimate of drug-likeness (QED) is 0.0402. The molecule has 0 saturated heterocycles. The van der Waals surface area contributed by atoms with Gasteiger partial charge in [0.25, 0.3) is 0 Å². The number of carbonyl (C=O) groups is 3. The Bertz CT molecular complexity index is 649. The summed E-state index contributed by atoms with van der Waals surface area (Å²) in [6.07, 6.45) is 31.1. The molecule has 0 spiro atoms. The fourth-order valence-corrected chi connectivity index (χ4v) is 5.44. The summed E-state index contributed by atoms with van der Waals surface area (Å²) in [6.45, 7) is 6.53. The zero-order chi connectivity index (χ0) is 32.4. The molecule has 260 valence electrons. The minimum Gasteiger partial charge on any atom is -0.462 e. The van der Waals surface area contributed by atoms with E-state index in [0.29, 0.717) is 19.3 Å². The van der Waals surface area contributed by atoms with Crippen LogP contribution in [0.1, 0.15) is 207 Å². The molecule has 0 aromatic rings. The van der Waals surface area contributed by atoms with Crippen LogP contribution in [0.3, 0.4) is 0 Å². The summed E-state index contributed by atoms with van der Waals surface area (Å²) in [4.78, 5) is 37.1. The Balaban J connectivity index is 4.27. The van der Waals surface area contributed by atoms with E-state index in [1.165, 1.54) is 109 Å². The molecule has 6 nitrogen and oxygen atoms in total. The summed E-state index contributed by atoms with van der Waals surface area (Å²) in [5.41, 5.74) is 0. The van der Waals surface area contributed by atoms with E-state index in [9.17, 15) is 14.4 Å². The summed E-state index contributed by atoms with van der Waals surface area (Å²) < 4.78 is 16.5. The first-order chi connectivity index (χ1) is 21.5. The van der Waals surface area contributed by atoms with E-state index < -0.39 is 6.10 Å². The van der Waals surface area contributed by atoms with Gasteiger partial charge in [0, 0.05) is 19.3 Å². The van der Waals surface area contributed by atoms with Crippen LogP contribution in [0, 0.1) is 0 Å². The van der Waals surface area contributed by atoms with E-state index in [0.717, 1.165) is 57.8 Å². The first kappa shape index (κ1) is 42.4. The topological polar surface area (TPSA) is 78.9 Å². The van der Waals surface area contributed by atoms with Crippen LogP contribution in [0.15, 0.2) is 0 Å². The fraction of sp³-hybridized carbons (Fsp3) is 0.921. The molecule has 0 radical (unpaired) electrons. The van der Waals surface area contributed by atoms with Gasteiger partial charge in [-0.1, -0.05) is 168 Å². The van der Waals surface area contributed by atoms with Crippen LogP contribution in [0.5, 0.6) is 0 Å². The lowest BCUT2D eigenvalue weighted by atomic mass is 10.0. The Morgan fingerprint density at radius 1 is 0.364 bits per heavy atom. The molecule has 6 heteroatoms. The van der Waals surface area contributed by atoms with Crippen LogP contribution in [0.4, 0.5) is 0 Å². The predicted octanol–water partition coefficient (Wildman–Crippen LogP) is 11.4. The molecule has 0 aliphatic heterocycles. The molecular weight excluding hydrogens is 552 g/mol. The normalized spacial score (nSPS) is 11.8. The number of hydrogen-bond acceptors (Lipinski definition) is 6. The van der Waals surface area contributed by atoms with Gasteiger partial charge in [0.05, 0.1) is 0 Å². The van der Waals surface area contributed by atoms with Crippen molar-refractivity contribution in [1.29, 1.82) is 0 Å². The lowest BCUT2D eigenvalue weighted by Crippen LogP contribution is -2.30. The van der Waals surface area contributed by atoms with Crippen LogP contribution >= 0.6 is 0 Å². The van der Waals surface area contributed by atoms with E-state index in [1.807, 2.05) is 0 Å². The van der Waals surface area contributed by atoms with Gasteiger partial charge in [0.1, 0.15) is 13.2 Å². The Kier molecular flexibility index (Phi) is 33.0.